The van der Waals surface area contributed by atoms with Gasteiger partial charge in [-0.05, 0) is 37.3 Å². The van der Waals surface area contributed by atoms with Gasteiger partial charge in [0.05, 0.1) is 6.61 Å². The van der Waals surface area contributed by atoms with Gasteiger partial charge in [-0.15, -0.1) is 0 Å². The second kappa shape index (κ2) is 8.25. The molecule has 0 unspecified atom stereocenters. The quantitative estimate of drug-likeness (QED) is 0.823. The highest BCUT2D eigenvalue weighted by molar-refractivity contribution is 5.29. The number of ether oxygens (including phenoxy) is 1. The molecule has 1 aliphatic rings. The number of nitrogens with one attached hydrogen (secondary N) is 1. The molecule has 0 aliphatic heterocycles. The van der Waals surface area contributed by atoms with E-state index in [0.29, 0.717) is 5.92 Å². The Morgan fingerprint density at radius 2 is 2.10 bits per heavy atom. The molecule has 0 spiro atoms. The number of hydrogen-bond donors (Lipinski definition) is 1. The number of hydrogen-bond acceptors (Lipinski definition) is 3. The molecule has 3 heteroatoms. The van der Waals surface area contributed by atoms with E-state index in [1.54, 1.807) is 0 Å². The maximum absolute atomic E-state index is 6.05. The Kier molecular flexibility index (Phi) is 6.31. The van der Waals surface area contributed by atoms with Gasteiger partial charge in [-0.25, -0.2) is 0 Å². The van der Waals surface area contributed by atoms with Crippen LogP contribution in [0.3, 0.4) is 0 Å². The summed E-state index contributed by atoms with van der Waals surface area (Å²) in [4.78, 5) is 4.22. The molecule has 1 aromatic heterocycles. The highest BCUT2D eigenvalue weighted by Gasteiger charge is 2.14. The van der Waals surface area contributed by atoms with Crippen molar-refractivity contribution in [1.29, 1.82) is 0 Å². The number of rotatable bonds is 7. The van der Waals surface area contributed by atoms with Crippen molar-refractivity contribution < 1.29 is 4.74 Å². The predicted octanol–water partition coefficient (Wildman–Crippen LogP) is 3.79. The van der Waals surface area contributed by atoms with Crippen LogP contribution in [0.15, 0.2) is 18.5 Å². The van der Waals surface area contributed by atoms with E-state index >= 15 is 0 Å². The fourth-order valence-electron chi connectivity index (χ4n) is 2.74. The van der Waals surface area contributed by atoms with Crippen molar-refractivity contribution in [3.05, 3.63) is 24.0 Å². The van der Waals surface area contributed by atoms with E-state index < -0.39 is 0 Å². The van der Waals surface area contributed by atoms with Crippen molar-refractivity contribution in [3.63, 3.8) is 0 Å². The van der Waals surface area contributed by atoms with E-state index in [4.69, 9.17) is 4.74 Å². The zero-order valence-electron chi connectivity index (χ0n) is 12.9. The smallest absolute Gasteiger partial charge is 0.126 e. The lowest BCUT2D eigenvalue weighted by atomic mass is 9.90. The minimum atomic E-state index is 0.665. The second-order valence-corrected chi connectivity index (χ2v) is 6.32. The molecule has 0 aromatic carbocycles. The summed E-state index contributed by atoms with van der Waals surface area (Å²) in [7, 11) is 0. The molecule has 3 nitrogen and oxygen atoms in total. The van der Waals surface area contributed by atoms with Gasteiger partial charge in [0.15, 0.2) is 0 Å². The first-order valence-corrected chi connectivity index (χ1v) is 8.02. The normalized spacial score (nSPS) is 16.6. The van der Waals surface area contributed by atoms with E-state index in [-0.39, 0.29) is 0 Å². The van der Waals surface area contributed by atoms with Crippen molar-refractivity contribution in [2.75, 3.05) is 13.2 Å². The average Bonchev–Trinajstić information content (AvgIpc) is 2.47. The standard InChI is InChI=1S/C17H28N2O/c1-14(2)10-19-12-16-11-18-9-8-17(16)20-13-15-6-4-3-5-7-15/h8-9,11,14-15,19H,3-7,10,12-13H2,1-2H3. The fourth-order valence-corrected chi connectivity index (χ4v) is 2.74. The third-order valence-corrected chi connectivity index (χ3v) is 3.93. The third-order valence-electron chi connectivity index (χ3n) is 3.93. The predicted molar refractivity (Wildman–Crippen MR) is 82.9 cm³/mol. The minimum Gasteiger partial charge on any atom is -0.493 e. The Balaban J connectivity index is 1.83. The van der Waals surface area contributed by atoms with Crippen LogP contribution in [-0.2, 0) is 6.54 Å². The molecule has 0 atom stereocenters. The largest absolute Gasteiger partial charge is 0.493 e. The summed E-state index contributed by atoms with van der Waals surface area (Å²) < 4.78 is 6.05. The van der Waals surface area contributed by atoms with Gasteiger partial charge in [0.1, 0.15) is 5.75 Å². The highest BCUT2D eigenvalue weighted by atomic mass is 16.5. The Labute approximate surface area is 123 Å². The molecule has 0 bridgehead atoms. The Morgan fingerprint density at radius 1 is 1.30 bits per heavy atom. The molecule has 20 heavy (non-hydrogen) atoms. The number of aromatic nitrogens is 1. The lowest BCUT2D eigenvalue weighted by Crippen LogP contribution is -2.20. The van der Waals surface area contributed by atoms with Crippen LogP contribution in [0, 0.1) is 11.8 Å². The van der Waals surface area contributed by atoms with Crippen molar-refractivity contribution in [2.24, 2.45) is 11.8 Å². The van der Waals surface area contributed by atoms with Gasteiger partial charge in [0, 0.05) is 24.5 Å². The van der Waals surface area contributed by atoms with E-state index in [9.17, 15) is 0 Å². The molecule has 0 amide bonds. The van der Waals surface area contributed by atoms with Gasteiger partial charge in [-0.2, -0.15) is 0 Å². The van der Waals surface area contributed by atoms with E-state index in [1.807, 2.05) is 18.5 Å². The average molecular weight is 276 g/mol. The molecule has 1 saturated carbocycles. The van der Waals surface area contributed by atoms with Crippen molar-refractivity contribution >= 4 is 0 Å². The van der Waals surface area contributed by atoms with Gasteiger partial charge < -0.3 is 10.1 Å². The number of pyridine rings is 1. The van der Waals surface area contributed by atoms with Gasteiger partial charge in [-0.1, -0.05) is 33.1 Å². The second-order valence-electron chi connectivity index (χ2n) is 6.32. The summed E-state index contributed by atoms with van der Waals surface area (Å²) >= 11 is 0. The number of nitrogens with zero attached hydrogens (tertiary/aromatic N) is 1. The van der Waals surface area contributed by atoms with Crippen LogP contribution in [-0.4, -0.2) is 18.1 Å². The van der Waals surface area contributed by atoms with Crippen LogP contribution >= 0.6 is 0 Å². The first-order chi connectivity index (χ1) is 9.75. The van der Waals surface area contributed by atoms with Gasteiger partial charge in [-0.3, -0.25) is 4.98 Å². The summed E-state index contributed by atoms with van der Waals surface area (Å²) in [6.07, 6.45) is 10.5. The van der Waals surface area contributed by atoms with E-state index in [1.165, 1.54) is 37.7 Å². The summed E-state index contributed by atoms with van der Waals surface area (Å²) in [5, 5.41) is 3.46. The molecule has 0 saturated heterocycles. The van der Waals surface area contributed by atoms with E-state index in [2.05, 4.69) is 24.1 Å². The molecular formula is C17H28N2O. The molecular weight excluding hydrogens is 248 g/mol. The Morgan fingerprint density at radius 3 is 2.85 bits per heavy atom. The molecule has 1 aliphatic carbocycles. The van der Waals surface area contributed by atoms with Gasteiger partial charge >= 0.3 is 0 Å². The zero-order chi connectivity index (χ0) is 14.2. The summed E-state index contributed by atoms with van der Waals surface area (Å²) in [5.41, 5.74) is 1.17. The first kappa shape index (κ1) is 15.3. The first-order valence-electron chi connectivity index (χ1n) is 8.02. The molecule has 0 radical (unpaired) electrons. The van der Waals surface area contributed by atoms with Crippen LogP contribution < -0.4 is 10.1 Å². The molecule has 2 rings (SSSR count). The maximum atomic E-state index is 6.05. The molecule has 1 aromatic rings. The zero-order valence-corrected chi connectivity index (χ0v) is 12.9. The Hall–Kier alpha value is -1.09. The van der Waals surface area contributed by atoms with Crippen LogP contribution in [0.5, 0.6) is 5.75 Å². The SMILES string of the molecule is CC(C)CNCc1cnccc1OCC1CCCCC1. The summed E-state index contributed by atoms with van der Waals surface area (Å²) in [6, 6.07) is 2.00. The highest BCUT2D eigenvalue weighted by Crippen LogP contribution is 2.25. The van der Waals surface area contributed by atoms with Crippen LogP contribution in [0.2, 0.25) is 0 Å². The van der Waals surface area contributed by atoms with Crippen molar-refractivity contribution in [2.45, 2.75) is 52.5 Å². The summed E-state index contributed by atoms with van der Waals surface area (Å²) in [5.74, 6) is 2.41. The topological polar surface area (TPSA) is 34.2 Å². The van der Waals surface area contributed by atoms with Crippen molar-refractivity contribution in [3.8, 4) is 5.75 Å². The Bertz CT molecular complexity index is 386. The monoisotopic (exact) mass is 276 g/mol. The van der Waals surface area contributed by atoms with Crippen LogP contribution in [0.25, 0.3) is 0 Å². The third kappa shape index (κ3) is 5.12. The minimum absolute atomic E-state index is 0.665. The van der Waals surface area contributed by atoms with E-state index in [0.717, 1.165) is 31.4 Å². The van der Waals surface area contributed by atoms with Crippen molar-refractivity contribution in [1.82, 2.24) is 10.3 Å². The van der Waals surface area contributed by atoms with Crippen LogP contribution in [0.4, 0.5) is 0 Å². The van der Waals surface area contributed by atoms with Gasteiger partial charge in [0.25, 0.3) is 0 Å². The maximum Gasteiger partial charge on any atom is 0.126 e. The molecule has 1 N–H and O–H groups in total. The molecule has 112 valence electrons. The fraction of sp³-hybridized carbons (Fsp3) is 0.706. The lowest BCUT2D eigenvalue weighted by molar-refractivity contribution is 0.207. The van der Waals surface area contributed by atoms with Gasteiger partial charge in [0.2, 0.25) is 0 Å². The van der Waals surface area contributed by atoms with Crippen LogP contribution in [0.1, 0.15) is 51.5 Å². The molecule has 1 fully saturated rings. The molecule has 1 heterocycles. The lowest BCUT2D eigenvalue weighted by Gasteiger charge is -2.22. The summed E-state index contributed by atoms with van der Waals surface area (Å²) in [6.45, 7) is 7.16.